The topological polar surface area (TPSA) is 83.7 Å². The Morgan fingerprint density at radius 3 is 2.71 bits per heavy atom. The molecule has 0 spiro atoms. The van der Waals surface area contributed by atoms with E-state index in [-0.39, 0.29) is 6.04 Å². The van der Waals surface area contributed by atoms with E-state index in [1.165, 1.54) is 6.07 Å². The summed E-state index contributed by atoms with van der Waals surface area (Å²) in [5, 5.41) is 6.74. The quantitative estimate of drug-likeness (QED) is 0.876. The number of nitrogens with two attached hydrogens (primary N) is 1. The fourth-order valence-electron chi connectivity index (χ4n) is 2.18. The first-order chi connectivity index (χ1) is 9.93. The van der Waals surface area contributed by atoms with Gasteiger partial charge in [-0.1, -0.05) is 0 Å². The third kappa shape index (κ3) is 2.82. The molecule has 1 atom stereocenters. The largest absolute Gasteiger partial charge is 0.417 e. The summed E-state index contributed by atoms with van der Waals surface area (Å²) in [6.07, 6.45) is -2.75. The monoisotopic (exact) mass is 298 g/mol. The van der Waals surface area contributed by atoms with Crippen molar-refractivity contribution in [3.63, 3.8) is 0 Å². The maximum absolute atomic E-state index is 12.5. The van der Waals surface area contributed by atoms with Crippen molar-refractivity contribution < 1.29 is 13.2 Å². The van der Waals surface area contributed by atoms with Gasteiger partial charge >= 0.3 is 6.18 Å². The van der Waals surface area contributed by atoms with Crippen LogP contribution in [0.15, 0.2) is 18.3 Å². The Balaban J connectivity index is 1.80. The predicted molar refractivity (Wildman–Crippen MR) is 69.4 cm³/mol. The molecule has 0 aromatic carbocycles. The smallest absolute Gasteiger partial charge is 0.338 e. The number of hydrogen-bond acceptors (Lipinski definition) is 5. The first-order valence-electron chi connectivity index (χ1n) is 6.40. The second-order valence-electron chi connectivity index (χ2n) is 4.91. The summed E-state index contributed by atoms with van der Waals surface area (Å²) >= 11 is 0. The van der Waals surface area contributed by atoms with E-state index in [9.17, 15) is 13.2 Å². The molecule has 1 fully saturated rings. The molecule has 112 valence electrons. The normalized spacial score (nSPS) is 19.2. The molecule has 0 radical (unpaired) electrons. The highest BCUT2D eigenvalue weighted by Gasteiger charge is 2.31. The summed E-state index contributed by atoms with van der Waals surface area (Å²) in [6, 6.07) is 2.33. The van der Waals surface area contributed by atoms with Gasteiger partial charge in [0.25, 0.3) is 0 Å². The van der Waals surface area contributed by atoms with Crippen LogP contribution in [0.25, 0.3) is 11.5 Å². The molecule has 1 saturated heterocycles. The number of nitrogens with zero attached hydrogens (tertiary/aromatic N) is 4. The van der Waals surface area contributed by atoms with Gasteiger partial charge in [-0.05, 0) is 18.6 Å². The van der Waals surface area contributed by atoms with Gasteiger partial charge < -0.3 is 10.6 Å². The van der Waals surface area contributed by atoms with E-state index in [2.05, 4.69) is 20.2 Å². The van der Waals surface area contributed by atoms with Gasteiger partial charge in [-0.2, -0.15) is 18.2 Å². The molecule has 0 saturated carbocycles. The lowest BCUT2D eigenvalue weighted by Crippen LogP contribution is -2.26. The van der Waals surface area contributed by atoms with Crippen molar-refractivity contribution in [1.82, 2.24) is 20.2 Å². The van der Waals surface area contributed by atoms with Gasteiger partial charge in [0, 0.05) is 25.3 Å². The van der Waals surface area contributed by atoms with Crippen molar-refractivity contribution in [3.8, 4) is 11.5 Å². The van der Waals surface area contributed by atoms with Crippen molar-refractivity contribution in [2.75, 3.05) is 18.0 Å². The van der Waals surface area contributed by atoms with E-state index in [1.54, 1.807) is 0 Å². The number of H-pyrrole nitrogens is 1. The average molecular weight is 298 g/mol. The summed E-state index contributed by atoms with van der Waals surface area (Å²) in [7, 11) is 0. The van der Waals surface area contributed by atoms with Gasteiger partial charge in [-0.25, -0.2) is 0 Å². The molecule has 3 heterocycles. The molecule has 0 aliphatic carbocycles. The number of pyridine rings is 1. The summed E-state index contributed by atoms with van der Waals surface area (Å²) < 4.78 is 37.4. The van der Waals surface area contributed by atoms with Crippen LogP contribution in [0.5, 0.6) is 0 Å². The highest BCUT2D eigenvalue weighted by molar-refractivity contribution is 5.51. The molecule has 1 unspecified atom stereocenters. The molecule has 1 aliphatic rings. The van der Waals surface area contributed by atoms with Crippen molar-refractivity contribution >= 4 is 5.95 Å². The second-order valence-corrected chi connectivity index (χ2v) is 4.91. The number of anilines is 1. The molecule has 21 heavy (non-hydrogen) atoms. The van der Waals surface area contributed by atoms with E-state index < -0.39 is 11.7 Å². The SMILES string of the molecule is NC1CCN(c2n[nH]c(-c3ccc(C(F)(F)F)cn3)n2)C1. The van der Waals surface area contributed by atoms with Crippen LogP contribution in [-0.2, 0) is 6.18 Å². The minimum absolute atomic E-state index is 0.0937. The van der Waals surface area contributed by atoms with Crippen molar-refractivity contribution in [1.29, 1.82) is 0 Å². The second kappa shape index (κ2) is 4.99. The minimum Gasteiger partial charge on any atom is -0.338 e. The van der Waals surface area contributed by atoms with Crippen molar-refractivity contribution in [2.45, 2.75) is 18.6 Å². The number of halogens is 3. The lowest BCUT2D eigenvalue weighted by Gasteiger charge is -2.11. The lowest BCUT2D eigenvalue weighted by atomic mass is 10.2. The summed E-state index contributed by atoms with van der Waals surface area (Å²) in [5.41, 5.74) is 5.33. The number of aromatic nitrogens is 4. The Morgan fingerprint density at radius 2 is 2.14 bits per heavy atom. The molecule has 0 bridgehead atoms. The number of hydrogen-bond donors (Lipinski definition) is 2. The Morgan fingerprint density at radius 1 is 1.33 bits per heavy atom. The van der Waals surface area contributed by atoms with Crippen molar-refractivity contribution in [2.24, 2.45) is 5.73 Å². The zero-order valence-corrected chi connectivity index (χ0v) is 10.9. The molecule has 6 nitrogen and oxygen atoms in total. The van der Waals surface area contributed by atoms with Gasteiger partial charge in [-0.3, -0.25) is 10.1 Å². The van der Waals surface area contributed by atoms with E-state index in [0.29, 0.717) is 24.0 Å². The molecular weight excluding hydrogens is 285 g/mol. The van der Waals surface area contributed by atoms with Crippen LogP contribution in [0.1, 0.15) is 12.0 Å². The van der Waals surface area contributed by atoms with Crippen LogP contribution < -0.4 is 10.6 Å². The predicted octanol–water partition coefficient (Wildman–Crippen LogP) is 1.42. The highest BCUT2D eigenvalue weighted by atomic mass is 19.4. The molecular formula is C12H13F3N6. The van der Waals surface area contributed by atoms with Crippen LogP contribution in [-0.4, -0.2) is 39.3 Å². The average Bonchev–Trinajstić information content (AvgIpc) is 3.06. The van der Waals surface area contributed by atoms with E-state index in [1.807, 2.05) is 4.90 Å². The Kier molecular flexibility index (Phi) is 3.28. The standard InChI is InChI=1S/C12H13F3N6/c13-12(14,15)7-1-2-9(17-5-7)10-18-11(20-19-10)21-4-3-8(16)6-21/h1-2,5,8H,3-4,6,16H2,(H,18,19,20). The van der Waals surface area contributed by atoms with Gasteiger partial charge in [0.1, 0.15) is 5.69 Å². The fourth-order valence-corrected chi connectivity index (χ4v) is 2.18. The van der Waals surface area contributed by atoms with Crippen LogP contribution in [0.4, 0.5) is 19.1 Å². The van der Waals surface area contributed by atoms with E-state index >= 15 is 0 Å². The first kappa shape index (κ1) is 13.8. The summed E-state index contributed by atoms with van der Waals surface area (Å²) in [5.74, 6) is 0.818. The van der Waals surface area contributed by atoms with Crippen LogP contribution in [0.2, 0.25) is 0 Å². The maximum atomic E-state index is 12.5. The Bertz CT molecular complexity index is 621. The number of aromatic amines is 1. The Hall–Kier alpha value is -2.16. The number of alkyl halides is 3. The third-order valence-electron chi connectivity index (χ3n) is 3.31. The van der Waals surface area contributed by atoms with Gasteiger partial charge in [-0.15, -0.1) is 5.10 Å². The summed E-state index contributed by atoms with van der Waals surface area (Å²) in [4.78, 5) is 9.95. The fraction of sp³-hybridized carbons (Fsp3) is 0.417. The minimum atomic E-state index is -4.40. The van der Waals surface area contributed by atoms with E-state index in [4.69, 9.17) is 5.73 Å². The van der Waals surface area contributed by atoms with Crippen LogP contribution in [0.3, 0.4) is 0 Å². The van der Waals surface area contributed by atoms with Gasteiger partial charge in [0.05, 0.1) is 5.56 Å². The first-order valence-corrected chi connectivity index (χ1v) is 6.40. The van der Waals surface area contributed by atoms with Gasteiger partial charge in [0.2, 0.25) is 5.95 Å². The van der Waals surface area contributed by atoms with Crippen LogP contribution in [0, 0.1) is 0 Å². The third-order valence-corrected chi connectivity index (χ3v) is 3.31. The molecule has 2 aromatic rings. The lowest BCUT2D eigenvalue weighted by molar-refractivity contribution is -0.137. The molecule has 9 heteroatoms. The summed E-state index contributed by atoms with van der Waals surface area (Å²) in [6.45, 7) is 1.43. The molecule has 2 aromatic heterocycles. The van der Waals surface area contributed by atoms with Gasteiger partial charge in [0.15, 0.2) is 5.82 Å². The molecule has 3 N–H and O–H groups in total. The molecule has 3 rings (SSSR count). The number of nitrogens with one attached hydrogen (secondary N) is 1. The number of rotatable bonds is 2. The molecule has 0 amide bonds. The maximum Gasteiger partial charge on any atom is 0.417 e. The van der Waals surface area contributed by atoms with E-state index in [0.717, 1.165) is 25.2 Å². The zero-order valence-electron chi connectivity index (χ0n) is 10.9. The molecule has 1 aliphatic heterocycles. The highest BCUT2D eigenvalue weighted by Crippen LogP contribution is 2.29. The van der Waals surface area contributed by atoms with Crippen LogP contribution >= 0.6 is 0 Å². The zero-order chi connectivity index (χ0) is 15.0. The van der Waals surface area contributed by atoms with Crippen molar-refractivity contribution in [3.05, 3.63) is 23.9 Å². The Labute approximate surface area is 118 Å².